The van der Waals surface area contributed by atoms with E-state index in [1.54, 1.807) is 11.8 Å². The van der Waals surface area contributed by atoms with Gasteiger partial charge in [0.2, 0.25) is 5.91 Å². The number of amidine groups is 1. The number of hydrogen-bond donors (Lipinski definition) is 2. The second-order valence-electron chi connectivity index (χ2n) is 6.05. The molecule has 4 nitrogen and oxygen atoms in total. The normalized spacial score (nSPS) is 17.0. The summed E-state index contributed by atoms with van der Waals surface area (Å²) in [5, 5.41) is 4.03. The lowest BCUT2D eigenvalue weighted by atomic mass is 9.96. The summed E-state index contributed by atoms with van der Waals surface area (Å²) >= 11 is 1.63. The van der Waals surface area contributed by atoms with Crippen LogP contribution in [-0.2, 0) is 10.5 Å². The molecule has 0 bridgehead atoms. The monoisotopic (exact) mass is 351 g/mol. The molecule has 0 aliphatic carbocycles. The first-order valence-electron chi connectivity index (χ1n) is 8.13. The summed E-state index contributed by atoms with van der Waals surface area (Å²) in [7, 11) is 0. The second kappa shape index (κ2) is 7.57. The van der Waals surface area contributed by atoms with E-state index in [0.29, 0.717) is 5.57 Å². The van der Waals surface area contributed by atoms with Crippen molar-refractivity contribution in [2.45, 2.75) is 25.6 Å². The highest BCUT2D eigenvalue weighted by molar-refractivity contribution is 8.13. The number of benzene rings is 2. The van der Waals surface area contributed by atoms with Gasteiger partial charge < -0.3 is 11.1 Å². The largest absolute Gasteiger partial charge is 0.366 e. The van der Waals surface area contributed by atoms with Crippen molar-refractivity contribution >= 4 is 22.8 Å². The van der Waals surface area contributed by atoms with Crippen LogP contribution in [0, 0.1) is 6.92 Å². The van der Waals surface area contributed by atoms with Crippen LogP contribution in [0.5, 0.6) is 0 Å². The third-order valence-corrected chi connectivity index (χ3v) is 5.02. The van der Waals surface area contributed by atoms with E-state index in [9.17, 15) is 4.79 Å². The van der Waals surface area contributed by atoms with Crippen LogP contribution < -0.4 is 11.1 Å². The molecule has 1 heterocycles. The Morgan fingerprint density at radius 3 is 2.60 bits per heavy atom. The summed E-state index contributed by atoms with van der Waals surface area (Å²) in [6.07, 6.45) is 0. The van der Waals surface area contributed by atoms with E-state index in [1.807, 2.05) is 37.3 Å². The molecule has 2 aromatic carbocycles. The number of nitrogens with two attached hydrogens (primary N) is 1. The van der Waals surface area contributed by atoms with Gasteiger partial charge in [-0.3, -0.25) is 4.79 Å². The number of allylic oxidation sites excluding steroid dienone is 1. The first-order chi connectivity index (χ1) is 12.0. The number of thioether (sulfide) groups is 1. The molecule has 0 unspecified atom stereocenters. The molecule has 128 valence electrons. The maximum atomic E-state index is 11.9. The van der Waals surface area contributed by atoms with E-state index in [2.05, 4.69) is 36.5 Å². The van der Waals surface area contributed by atoms with Crippen LogP contribution in [0.4, 0.5) is 0 Å². The molecular formula is C20H21N3OS. The molecular weight excluding hydrogens is 330 g/mol. The first kappa shape index (κ1) is 17.3. The van der Waals surface area contributed by atoms with Gasteiger partial charge >= 0.3 is 0 Å². The minimum absolute atomic E-state index is 0.361. The smallest absolute Gasteiger partial charge is 0.248 e. The number of aliphatic imine (C=N–C) groups is 1. The van der Waals surface area contributed by atoms with Gasteiger partial charge in [-0.15, -0.1) is 0 Å². The zero-order chi connectivity index (χ0) is 17.8. The zero-order valence-electron chi connectivity index (χ0n) is 14.3. The van der Waals surface area contributed by atoms with Crippen molar-refractivity contribution in [2.75, 3.05) is 0 Å². The molecule has 2 aromatic rings. The molecule has 3 N–H and O–H groups in total. The molecule has 5 heteroatoms. The third-order valence-electron chi connectivity index (χ3n) is 4.06. The van der Waals surface area contributed by atoms with Crippen LogP contribution >= 0.6 is 11.8 Å². The fraction of sp³-hybridized carbons (Fsp3) is 0.200. The number of amides is 1. The van der Waals surface area contributed by atoms with Gasteiger partial charge in [-0.25, -0.2) is 4.99 Å². The summed E-state index contributed by atoms with van der Waals surface area (Å²) in [5.41, 5.74) is 10.3. The van der Waals surface area contributed by atoms with Gasteiger partial charge in [0.1, 0.15) is 6.04 Å². The molecule has 0 saturated heterocycles. The van der Waals surface area contributed by atoms with Gasteiger partial charge in [0.25, 0.3) is 0 Å². The summed E-state index contributed by atoms with van der Waals surface area (Å²) in [6, 6.07) is 17.8. The maximum absolute atomic E-state index is 11.9. The molecule has 1 amide bonds. The zero-order valence-corrected chi connectivity index (χ0v) is 15.1. The Hall–Kier alpha value is -2.53. The average molecular weight is 351 g/mol. The van der Waals surface area contributed by atoms with Gasteiger partial charge in [-0.2, -0.15) is 0 Å². The van der Waals surface area contributed by atoms with E-state index in [4.69, 9.17) is 10.7 Å². The molecule has 0 saturated carbocycles. The van der Waals surface area contributed by atoms with Crippen LogP contribution in [0.15, 0.2) is 70.9 Å². The van der Waals surface area contributed by atoms with Gasteiger partial charge in [-0.1, -0.05) is 71.9 Å². The van der Waals surface area contributed by atoms with Crippen LogP contribution in [0.2, 0.25) is 0 Å². The van der Waals surface area contributed by atoms with Crippen molar-refractivity contribution in [1.29, 1.82) is 0 Å². The minimum Gasteiger partial charge on any atom is -0.366 e. The fourth-order valence-corrected chi connectivity index (χ4v) is 3.76. The molecule has 1 atom stereocenters. The third kappa shape index (κ3) is 4.12. The first-order valence-corrected chi connectivity index (χ1v) is 9.12. The van der Waals surface area contributed by atoms with Gasteiger partial charge in [0.05, 0.1) is 5.57 Å². The molecule has 0 aromatic heterocycles. The Bertz CT molecular complexity index is 843. The quantitative estimate of drug-likeness (QED) is 0.883. The Morgan fingerprint density at radius 2 is 1.92 bits per heavy atom. The highest BCUT2D eigenvalue weighted by Crippen LogP contribution is 2.32. The Morgan fingerprint density at radius 1 is 1.16 bits per heavy atom. The van der Waals surface area contributed by atoms with Gasteiger partial charge in [0, 0.05) is 11.4 Å². The maximum Gasteiger partial charge on any atom is 0.248 e. The highest BCUT2D eigenvalue weighted by Gasteiger charge is 2.27. The number of nitrogens with zero attached hydrogens (tertiary/aromatic N) is 1. The van der Waals surface area contributed by atoms with Crippen molar-refractivity contribution in [3.8, 4) is 0 Å². The van der Waals surface area contributed by atoms with Crippen molar-refractivity contribution in [3.05, 3.63) is 82.6 Å². The number of primary amides is 1. The average Bonchev–Trinajstić information content (AvgIpc) is 2.60. The lowest BCUT2D eigenvalue weighted by Crippen LogP contribution is -2.32. The molecule has 1 aliphatic rings. The predicted octanol–water partition coefficient (Wildman–Crippen LogP) is 3.69. The number of nitrogens with one attached hydrogen (secondary N) is 1. The molecule has 0 radical (unpaired) electrons. The van der Waals surface area contributed by atoms with Gasteiger partial charge in [-0.05, 0) is 25.0 Å². The predicted molar refractivity (Wildman–Crippen MR) is 104 cm³/mol. The fourth-order valence-electron chi connectivity index (χ4n) is 2.87. The Labute approximate surface area is 152 Å². The van der Waals surface area contributed by atoms with Crippen LogP contribution in [0.25, 0.3) is 0 Å². The summed E-state index contributed by atoms with van der Waals surface area (Å²) < 4.78 is 0. The van der Waals surface area contributed by atoms with E-state index in [-0.39, 0.29) is 6.04 Å². The highest BCUT2D eigenvalue weighted by atomic mass is 32.2. The van der Waals surface area contributed by atoms with E-state index in [1.165, 1.54) is 11.1 Å². The summed E-state index contributed by atoms with van der Waals surface area (Å²) in [6.45, 7) is 3.96. The van der Waals surface area contributed by atoms with Crippen LogP contribution in [-0.4, -0.2) is 11.1 Å². The second-order valence-corrected chi connectivity index (χ2v) is 7.02. The molecule has 1 aliphatic heterocycles. The lowest BCUT2D eigenvalue weighted by molar-refractivity contribution is -0.114. The van der Waals surface area contributed by atoms with Crippen LogP contribution in [0.3, 0.4) is 0 Å². The van der Waals surface area contributed by atoms with E-state index in [0.717, 1.165) is 22.2 Å². The molecule has 25 heavy (non-hydrogen) atoms. The number of aryl methyl sites for hydroxylation is 1. The van der Waals surface area contributed by atoms with E-state index < -0.39 is 5.91 Å². The van der Waals surface area contributed by atoms with E-state index >= 15 is 0 Å². The number of rotatable bonds is 4. The Kier molecular flexibility index (Phi) is 5.24. The number of carbonyl (C=O) groups is 1. The Balaban J connectivity index is 1.85. The topological polar surface area (TPSA) is 67.5 Å². The molecule has 3 rings (SSSR count). The molecule has 0 fully saturated rings. The number of carbonyl (C=O) groups excluding carboxylic acids is 1. The standard InChI is InChI=1S/C20H21N3OS/c1-13-7-6-8-15(11-13)12-25-20-22-14(2)17(19(21)24)18(23-20)16-9-4-3-5-10-16/h3-11,18H,12H2,1-2H3,(H2,21,24)(H,22,23)/t18-/m0/s1. The van der Waals surface area contributed by atoms with Gasteiger partial charge in [0.15, 0.2) is 5.17 Å². The van der Waals surface area contributed by atoms with Crippen molar-refractivity contribution in [1.82, 2.24) is 5.32 Å². The van der Waals surface area contributed by atoms with Crippen molar-refractivity contribution in [3.63, 3.8) is 0 Å². The molecule has 0 spiro atoms. The summed E-state index contributed by atoms with van der Waals surface area (Å²) in [5.74, 6) is 0.374. The SMILES string of the molecule is CC1=C(C(N)=O)[C@H](c2ccccc2)N=C(SCc2cccc(C)c2)N1. The lowest BCUT2D eigenvalue weighted by Gasteiger charge is -2.25. The van der Waals surface area contributed by atoms with Crippen LogP contribution in [0.1, 0.15) is 29.7 Å². The van der Waals surface area contributed by atoms with Crippen molar-refractivity contribution < 1.29 is 4.79 Å². The number of hydrogen-bond acceptors (Lipinski definition) is 4. The van der Waals surface area contributed by atoms with Crippen molar-refractivity contribution in [2.24, 2.45) is 10.7 Å². The summed E-state index contributed by atoms with van der Waals surface area (Å²) in [4.78, 5) is 16.7. The minimum atomic E-state index is -0.440.